The molecule has 0 saturated carbocycles. The summed E-state index contributed by atoms with van der Waals surface area (Å²) < 4.78 is 10.1. The normalized spacial score (nSPS) is 14.3. The first-order chi connectivity index (χ1) is 11.3. The van der Waals surface area contributed by atoms with Crippen LogP contribution in [0.2, 0.25) is 0 Å². The highest BCUT2D eigenvalue weighted by atomic mass is 16.5. The van der Waals surface area contributed by atoms with Crippen molar-refractivity contribution in [1.82, 2.24) is 0 Å². The minimum absolute atomic E-state index is 0.0794. The van der Waals surface area contributed by atoms with Crippen molar-refractivity contribution in [3.05, 3.63) is 35.9 Å². The van der Waals surface area contributed by atoms with Crippen LogP contribution in [0.3, 0.4) is 0 Å². The molecule has 3 N–H and O–H groups in total. The van der Waals surface area contributed by atoms with Gasteiger partial charge in [-0.25, -0.2) is 0 Å². The van der Waals surface area contributed by atoms with E-state index >= 15 is 0 Å². The van der Waals surface area contributed by atoms with Crippen molar-refractivity contribution in [3.8, 4) is 0 Å². The Hall–Kier alpha value is -2.41. The number of carbonyl (C=O) groups excluding carboxylic acids is 2. The molecule has 0 aliphatic rings. The summed E-state index contributed by atoms with van der Waals surface area (Å²) in [5, 5.41) is 8.54. The Morgan fingerprint density at radius 1 is 1.21 bits per heavy atom. The van der Waals surface area contributed by atoms with E-state index in [1.807, 2.05) is 30.3 Å². The fourth-order valence-corrected chi connectivity index (χ4v) is 1.97. The molecule has 0 bridgehead atoms. The van der Waals surface area contributed by atoms with Crippen molar-refractivity contribution in [2.45, 2.75) is 39.3 Å². The molecule has 132 valence electrons. The second-order valence-corrected chi connectivity index (χ2v) is 5.62. The van der Waals surface area contributed by atoms with Gasteiger partial charge < -0.3 is 20.3 Å². The summed E-state index contributed by atoms with van der Waals surface area (Å²) in [5.74, 6) is -2.51. The Balaban J connectivity index is 2.66. The fourth-order valence-electron chi connectivity index (χ4n) is 1.97. The first kappa shape index (κ1) is 19.6. The number of esters is 2. The van der Waals surface area contributed by atoms with E-state index in [1.165, 1.54) is 6.92 Å². The molecule has 1 aromatic rings. The highest BCUT2D eigenvalue weighted by Gasteiger charge is 2.44. The van der Waals surface area contributed by atoms with E-state index in [0.29, 0.717) is 0 Å². The average Bonchev–Trinajstić information content (AvgIpc) is 2.58. The van der Waals surface area contributed by atoms with E-state index in [9.17, 15) is 14.4 Å². The quantitative estimate of drug-likeness (QED) is 0.656. The lowest BCUT2D eigenvalue weighted by atomic mass is 9.80. The molecule has 1 rings (SSSR count). The molecule has 0 aromatic heterocycles. The number of hydrogen-bond donors (Lipinski definition) is 2. The number of ether oxygens (including phenoxy) is 2. The molecule has 0 amide bonds. The molecule has 0 unspecified atom stereocenters. The molecule has 24 heavy (non-hydrogen) atoms. The third kappa shape index (κ3) is 5.34. The molecule has 0 aliphatic heterocycles. The van der Waals surface area contributed by atoms with E-state index in [2.05, 4.69) is 0 Å². The molecular formula is C17H23NO6. The molecule has 0 aliphatic carbocycles. The van der Waals surface area contributed by atoms with E-state index in [4.69, 9.17) is 20.3 Å². The average molecular weight is 337 g/mol. The molecule has 0 spiro atoms. The molecule has 1 aromatic carbocycles. The topological polar surface area (TPSA) is 116 Å². The van der Waals surface area contributed by atoms with E-state index in [1.54, 1.807) is 6.92 Å². The molecule has 2 atom stereocenters. The van der Waals surface area contributed by atoms with E-state index in [0.717, 1.165) is 5.56 Å². The van der Waals surface area contributed by atoms with Crippen LogP contribution in [0.4, 0.5) is 0 Å². The van der Waals surface area contributed by atoms with Gasteiger partial charge in [-0.15, -0.1) is 0 Å². The summed E-state index contributed by atoms with van der Waals surface area (Å²) in [7, 11) is 0. The standard InChI is InChI=1S/C17H23NO6/c1-3-17(2,14(18)15(21)23-10-9-13(19)20)16(22)24-11-12-7-5-4-6-8-12/h4-8,14H,3,9-11,18H2,1-2H3,(H,19,20)/t14-,17-/m1/s1. The van der Waals surface area contributed by atoms with Crippen LogP contribution in [0.1, 0.15) is 32.3 Å². The lowest BCUT2D eigenvalue weighted by Crippen LogP contribution is -2.51. The highest BCUT2D eigenvalue weighted by molar-refractivity contribution is 5.87. The van der Waals surface area contributed by atoms with Crippen molar-refractivity contribution in [2.24, 2.45) is 11.1 Å². The minimum atomic E-state index is -1.25. The predicted octanol–water partition coefficient (Wildman–Crippen LogP) is 1.49. The monoisotopic (exact) mass is 337 g/mol. The zero-order valence-corrected chi connectivity index (χ0v) is 13.9. The summed E-state index contributed by atoms with van der Waals surface area (Å²) >= 11 is 0. The number of carboxylic acids is 1. The Labute approximate surface area is 140 Å². The Morgan fingerprint density at radius 2 is 1.83 bits per heavy atom. The van der Waals surface area contributed by atoms with Gasteiger partial charge in [-0.1, -0.05) is 37.3 Å². The zero-order valence-electron chi connectivity index (χ0n) is 13.9. The predicted molar refractivity (Wildman–Crippen MR) is 85.8 cm³/mol. The van der Waals surface area contributed by atoms with Crippen molar-refractivity contribution in [1.29, 1.82) is 0 Å². The lowest BCUT2D eigenvalue weighted by molar-refractivity contribution is -0.165. The number of nitrogens with two attached hydrogens (primary N) is 1. The Morgan fingerprint density at radius 3 is 2.38 bits per heavy atom. The van der Waals surface area contributed by atoms with Crippen molar-refractivity contribution in [3.63, 3.8) is 0 Å². The molecule has 0 radical (unpaired) electrons. The van der Waals surface area contributed by atoms with Crippen LogP contribution in [0.15, 0.2) is 30.3 Å². The fraction of sp³-hybridized carbons (Fsp3) is 0.471. The van der Waals surface area contributed by atoms with Gasteiger partial charge in [0.25, 0.3) is 0 Å². The van der Waals surface area contributed by atoms with E-state index < -0.39 is 29.4 Å². The summed E-state index contributed by atoms with van der Waals surface area (Å²) in [6.07, 6.45) is -0.0461. The summed E-state index contributed by atoms with van der Waals surface area (Å²) in [4.78, 5) is 34.8. The Bertz CT molecular complexity index is 574. The number of benzene rings is 1. The third-order valence-corrected chi connectivity index (χ3v) is 3.91. The van der Waals surface area contributed by atoms with Crippen molar-refractivity contribution >= 4 is 17.9 Å². The van der Waals surface area contributed by atoms with Crippen LogP contribution < -0.4 is 5.73 Å². The molecule has 7 heteroatoms. The first-order valence-corrected chi connectivity index (χ1v) is 7.66. The number of rotatable bonds is 9. The van der Waals surface area contributed by atoms with Gasteiger partial charge in [0, 0.05) is 0 Å². The van der Waals surface area contributed by atoms with Gasteiger partial charge in [0.2, 0.25) is 0 Å². The van der Waals surface area contributed by atoms with Crippen LogP contribution >= 0.6 is 0 Å². The molecule has 0 fully saturated rings. The number of carboxylic acid groups (broad SMARTS) is 1. The van der Waals surface area contributed by atoms with Crippen molar-refractivity contribution < 1.29 is 29.0 Å². The van der Waals surface area contributed by atoms with Crippen molar-refractivity contribution in [2.75, 3.05) is 6.61 Å². The maximum Gasteiger partial charge on any atom is 0.324 e. The Kier molecular flexibility index (Phi) is 7.38. The van der Waals surface area contributed by atoms with Gasteiger partial charge in [-0.2, -0.15) is 0 Å². The van der Waals surface area contributed by atoms with Crippen LogP contribution in [-0.2, 0) is 30.5 Å². The second kappa shape index (κ2) is 9.02. The SMILES string of the molecule is CC[C@@](C)(C(=O)OCc1ccccc1)[C@H](N)C(=O)OCCC(=O)O. The second-order valence-electron chi connectivity index (χ2n) is 5.62. The molecular weight excluding hydrogens is 314 g/mol. The van der Waals surface area contributed by atoms with Crippen LogP contribution in [0.25, 0.3) is 0 Å². The van der Waals surface area contributed by atoms with Gasteiger partial charge >= 0.3 is 17.9 Å². The summed E-state index contributed by atoms with van der Waals surface area (Å²) in [6, 6.07) is 7.90. The van der Waals surface area contributed by atoms with Crippen LogP contribution in [0, 0.1) is 5.41 Å². The first-order valence-electron chi connectivity index (χ1n) is 7.66. The van der Waals surface area contributed by atoms with Gasteiger partial charge in [-0.05, 0) is 18.9 Å². The summed E-state index contributed by atoms with van der Waals surface area (Å²) in [6.45, 7) is 3.04. The minimum Gasteiger partial charge on any atom is -0.481 e. The largest absolute Gasteiger partial charge is 0.481 e. The maximum absolute atomic E-state index is 12.4. The van der Waals surface area contributed by atoms with Gasteiger partial charge in [-0.3, -0.25) is 14.4 Å². The molecule has 0 heterocycles. The number of carbonyl (C=O) groups is 3. The van der Waals surface area contributed by atoms with Crippen LogP contribution in [0.5, 0.6) is 0 Å². The molecule has 7 nitrogen and oxygen atoms in total. The lowest BCUT2D eigenvalue weighted by Gasteiger charge is -2.30. The highest BCUT2D eigenvalue weighted by Crippen LogP contribution is 2.28. The third-order valence-electron chi connectivity index (χ3n) is 3.91. The maximum atomic E-state index is 12.4. The molecule has 0 saturated heterocycles. The van der Waals surface area contributed by atoms with Gasteiger partial charge in [0.15, 0.2) is 0 Å². The van der Waals surface area contributed by atoms with E-state index in [-0.39, 0.29) is 26.1 Å². The van der Waals surface area contributed by atoms with Gasteiger partial charge in [0.05, 0.1) is 11.8 Å². The number of aliphatic carboxylic acids is 1. The smallest absolute Gasteiger partial charge is 0.324 e. The zero-order chi connectivity index (χ0) is 18.2. The van der Waals surface area contributed by atoms with Crippen LogP contribution in [-0.4, -0.2) is 35.7 Å². The summed E-state index contributed by atoms with van der Waals surface area (Å²) in [5.41, 5.74) is 5.44. The number of hydrogen-bond acceptors (Lipinski definition) is 6. The van der Waals surface area contributed by atoms with Gasteiger partial charge in [0.1, 0.15) is 19.3 Å².